The van der Waals surface area contributed by atoms with Crippen LogP contribution in [0.2, 0.25) is 0 Å². The number of nitrogens with one attached hydrogen (secondary N) is 1. The second-order valence-corrected chi connectivity index (χ2v) is 12.5. The Bertz CT molecular complexity index is 1920. The average Bonchev–Trinajstić information content (AvgIpc) is 3.48. The van der Waals surface area contributed by atoms with Gasteiger partial charge in [0.2, 0.25) is 17.7 Å². The van der Waals surface area contributed by atoms with E-state index in [1.54, 1.807) is 43.3 Å². The van der Waals surface area contributed by atoms with Crippen molar-refractivity contribution in [3.63, 3.8) is 0 Å². The molecule has 0 aliphatic carbocycles. The fourth-order valence-corrected chi connectivity index (χ4v) is 8.38. The molecule has 1 fully saturated rings. The Hall–Kier alpha value is -5.15. The number of carbonyl (C=O) groups excluding carboxylic acids is 3. The number of phenolic OH excluding ortho intramolecular Hbond substituents is 1. The normalized spacial score (nSPS) is 18.6. The smallest absolute Gasteiger partial charge is 0.308 e. The second kappa shape index (κ2) is 12.3. The summed E-state index contributed by atoms with van der Waals surface area (Å²) in [5, 5.41) is 23.7. The lowest BCUT2D eigenvalue weighted by Gasteiger charge is -2.31. The van der Waals surface area contributed by atoms with Crippen molar-refractivity contribution in [2.24, 2.45) is 5.92 Å². The maximum Gasteiger partial charge on any atom is 0.308 e. The Labute approximate surface area is 269 Å². The maximum absolute atomic E-state index is 14.1. The molecular weight excluding hydrogens is 636 g/mol. The monoisotopic (exact) mass is 662 g/mol. The van der Waals surface area contributed by atoms with E-state index >= 15 is 0 Å². The number of methoxy groups -OCH3 is 1. The van der Waals surface area contributed by atoms with Crippen molar-refractivity contribution in [3.8, 4) is 17.2 Å². The predicted octanol–water partition coefficient (Wildman–Crippen LogP) is 4.37. The number of thioether (sulfide) groups is 1. The van der Waals surface area contributed by atoms with E-state index in [9.17, 15) is 34.4 Å². The number of carbonyl (C=O) groups is 3. The first-order valence-electron chi connectivity index (χ1n) is 14.0. The Morgan fingerprint density at radius 2 is 1.76 bits per heavy atom. The van der Waals surface area contributed by atoms with Crippen molar-refractivity contribution in [2.75, 3.05) is 23.9 Å². The number of nitro groups is 1. The minimum Gasteiger partial charge on any atom is -0.504 e. The minimum absolute atomic E-state index is 0.116. The third-order valence-electron chi connectivity index (χ3n) is 7.69. The van der Waals surface area contributed by atoms with Crippen molar-refractivity contribution < 1.29 is 33.9 Å². The number of hydrogen-bond donors (Lipinski definition) is 2. The van der Waals surface area contributed by atoms with Gasteiger partial charge >= 0.3 is 4.87 Å². The molecule has 15 heteroatoms. The molecule has 236 valence electrons. The van der Waals surface area contributed by atoms with Gasteiger partial charge in [0, 0.05) is 28.6 Å². The summed E-state index contributed by atoms with van der Waals surface area (Å²) in [5.41, 5.74) is 1.01. The quantitative estimate of drug-likeness (QED) is 0.149. The summed E-state index contributed by atoms with van der Waals surface area (Å²) in [6.45, 7) is 1.66. The predicted molar refractivity (Wildman–Crippen MR) is 170 cm³/mol. The molecule has 2 N–H and O–H groups in total. The standard InChI is InChI=1S/C31H26N4O9S2/c1-3-44-22-14-16(4-13-21(22)36)24-25-26(29(39)34(28(25)38)18-7-9-19(10-8-18)35(41)42)45-30-27(24)46-31(40)33(30)15-23(37)32-17-5-11-20(43-2)12-6-17/h4-14,24-26,36H,3,15H2,1-2H3,(H,32,37)/t24-,25?,26?/m0/s1. The van der Waals surface area contributed by atoms with Gasteiger partial charge in [0.05, 0.1) is 35.3 Å². The van der Waals surface area contributed by atoms with Crippen LogP contribution in [-0.4, -0.2) is 51.3 Å². The molecule has 3 atom stereocenters. The summed E-state index contributed by atoms with van der Waals surface area (Å²) >= 11 is 1.92. The highest BCUT2D eigenvalue weighted by Gasteiger charge is 2.57. The number of ether oxygens (including phenoxy) is 2. The number of thiazole rings is 1. The molecule has 0 saturated carbocycles. The number of hydrogen-bond acceptors (Lipinski definition) is 11. The minimum atomic E-state index is -0.977. The molecule has 3 heterocycles. The number of nitro benzene ring substituents is 1. The number of non-ortho nitro benzene ring substituents is 1. The Balaban J connectivity index is 1.41. The van der Waals surface area contributed by atoms with E-state index in [2.05, 4.69) is 5.32 Å². The lowest BCUT2D eigenvalue weighted by atomic mass is 9.83. The number of rotatable bonds is 9. The molecule has 3 aromatic carbocycles. The summed E-state index contributed by atoms with van der Waals surface area (Å²) in [5.74, 6) is -2.66. The van der Waals surface area contributed by atoms with Gasteiger partial charge in [0.15, 0.2) is 11.5 Å². The largest absolute Gasteiger partial charge is 0.504 e. The van der Waals surface area contributed by atoms with Crippen LogP contribution >= 0.6 is 23.1 Å². The number of amides is 3. The zero-order chi connectivity index (χ0) is 32.7. The van der Waals surface area contributed by atoms with Crippen LogP contribution in [0.1, 0.15) is 23.3 Å². The molecule has 1 saturated heterocycles. The molecule has 46 heavy (non-hydrogen) atoms. The van der Waals surface area contributed by atoms with E-state index < -0.39 is 44.6 Å². The molecule has 2 aliphatic heterocycles. The lowest BCUT2D eigenvalue weighted by molar-refractivity contribution is -0.384. The third-order valence-corrected chi connectivity index (χ3v) is 10.3. The fraction of sp³-hybridized carbons (Fsp3) is 0.226. The first-order valence-corrected chi connectivity index (χ1v) is 15.7. The van der Waals surface area contributed by atoms with E-state index in [1.165, 1.54) is 42.0 Å². The van der Waals surface area contributed by atoms with Crippen molar-refractivity contribution in [2.45, 2.75) is 29.7 Å². The van der Waals surface area contributed by atoms with Gasteiger partial charge in [-0.15, -0.1) is 0 Å². The van der Waals surface area contributed by atoms with Gasteiger partial charge in [-0.1, -0.05) is 29.2 Å². The Morgan fingerprint density at radius 1 is 1.04 bits per heavy atom. The topological polar surface area (TPSA) is 170 Å². The van der Waals surface area contributed by atoms with Crippen LogP contribution in [0, 0.1) is 16.0 Å². The molecule has 2 unspecified atom stereocenters. The number of aromatic nitrogens is 1. The SMILES string of the molecule is CCOc1cc([C@@H]2c3sc(=O)n(CC(=O)Nc4ccc(OC)cc4)c3SC3C(=O)N(c4ccc([N+](=O)[O-])cc4)C(=O)C32)ccc1O. The lowest BCUT2D eigenvalue weighted by Crippen LogP contribution is -2.33. The van der Waals surface area contributed by atoms with Gasteiger partial charge in [-0.25, -0.2) is 4.90 Å². The summed E-state index contributed by atoms with van der Waals surface area (Å²) in [6.07, 6.45) is 0. The van der Waals surface area contributed by atoms with Gasteiger partial charge < -0.3 is 19.9 Å². The maximum atomic E-state index is 14.1. The van der Waals surface area contributed by atoms with Gasteiger partial charge in [-0.05, 0) is 61.0 Å². The number of benzene rings is 3. The number of anilines is 2. The van der Waals surface area contributed by atoms with Crippen molar-refractivity contribution >= 4 is 57.9 Å². The highest BCUT2D eigenvalue weighted by molar-refractivity contribution is 8.00. The molecule has 4 aromatic rings. The summed E-state index contributed by atoms with van der Waals surface area (Å²) in [6, 6.07) is 16.4. The van der Waals surface area contributed by atoms with Crippen LogP contribution in [0.15, 0.2) is 76.6 Å². The molecule has 6 rings (SSSR count). The Morgan fingerprint density at radius 3 is 2.41 bits per heavy atom. The fourth-order valence-electron chi connectivity index (χ4n) is 5.61. The molecular formula is C31H26N4O9S2. The van der Waals surface area contributed by atoms with Crippen LogP contribution < -0.4 is 24.6 Å². The Kier molecular flexibility index (Phi) is 8.27. The molecule has 1 aromatic heterocycles. The first-order chi connectivity index (χ1) is 22.1. The molecule has 13 nitrogen and oxygen atoms in total. The number of nitrogens with zero attached hydrogens (tertiary/aromatic N) is 3. The van der Waals surface area contributed by atoms with E-state index in [0.717, 1.165) is 28.0 Å². The number of phenols is 1. The zero-order valence-corrected chi connectivity index (χ0v) is 26.0. The van der Waals surface area contributed by atoms with Gasteiger partial charge in [0.1, 0.15) is 17.5 Å². The summed E-state index contributed by atoms with van der Waals surface area (Å²) < 4.78 is 12.0. The van der Waals surface area contributed by atoms with Crippen molar-refractivity contribution in [3.05, 3.63) is 97.0 Å². The highest BCUT2D eigenvalue weighted by Crippen LogP contribution is 2.54. The van der Waals surface area contributed by atoms with Gasteiger partial charge in [-0.3, -0.25) is 33.9 Å². The first kappa shape index (κ1) is 30.9. The van der Waals surface area contributed by atoms with Crippen molar-refractivity contribution in [1.29, 1.82) is 0 Å². The number of fused-ring (bicyclic) bond motifs is 2. The third kappa shape index (κ3) is 5.47. The van der Waals surface area contributed by atoms with E-state index in [1.807, 2.05) is 0 Å². The number of aromatic hydroxyl groups is 1. The van der Waals surface area contributed by atoms with Crippen LogP contribution in [0.4, 0.5) is 17.1 Å². The number of imide groups is 1. The van der Waals surface area contributed by atoms with Crippen LogP contribution in [0.5, 0.6) is 17.2 Å². The zero-order valence-electron chi connectivity index (χ0n) is 24.4. The van der Waals surface area contributed by atoms with Crippen molar-refractivity contribution in [1.82, 2.24) is 4.57 Å². The molecule has 2 aliphatic rings. The van der Waals surface area contributed by atoms with E-state index in [0.29, 0.717) is 26.9 Å². The van der Waals surface area contributed by atoms with E-state index in [4.69, 9.17) is 9.47 Å². The average molecular weight is 663 g/mol. The van der Waals surface area contributed by atoms with E-state index in [-0.39, 0.29) is 36.0 Å². The summed E-state index contributed by atoms with van der Waals surface area (Å²) in [7, 11) is 1.53. The van der Waals surface area contributed by atoms with Crippen LogP contribution in [0.3, 0.4) is 0 Å². The molecule has 0 spiro atoms. The summed E-state index contributed by atoms with van der Waals surface area (Å²) in [4.78, 5) is 66.2. The molecule has 0 radical (unpaired) electrons. The molecule has 0 bridgehead atoms. The molecule has 3 amide bonds. The van der Waals surface area contributed by atoms with Gasteiger partial charge in [-0.2, -0.15) is 0 Å². The second-order valence-electron chi connectivity index (χ2n) is 10.4. The highest BCUT2D eigenvalue weighted by atomic mass is 32.2. The van der Waals surface area contributed by atoms with Crippen LogP contribution in [0.25, 0.3) is 0 Å². The van der Waals surface area contributed by atoms with Crippen LogP contribution in [-0.2, 0) is 20.9 Å². The van der Waals surface area contributed by atoms with Gasteiger partial charge in [0.25, 0.3) is 5.69 Å².